The average molecular weight is 260 g/mol. The van der Waals surface area contributed by atoms with E-state index in [1.807, 2.05) is 6.92 Å². The molecule has 0 aliphatic rings. The van der Waals surface area contributed by atoms with Crippen molar-refractivity contribution in [2.45, 2.75) is 39.8 Å². The van der Waals surface area contributed by atoms with Crippen LogP contribution in [0.25, 0.3) is 0 Å². The maximum atomic E-state index is 12.2. The van der Waals surface area contributed by atoms with Gasteiger partial charge in [0.15, 0.2) is 5.78 Å². The predicted molar refractivity (Wildman–Crippen MR) is 70.6 cm³/mol. The summed E-state index contributed by atoms with van der Waals surface area (Å²) in [5, 5.41) is 0. The first kappa shape index (κ1) is 13.7. The number of carbonyl (C=O) groups is 1. The van der Waals surface area contributed by atoms with E-state index < -0.39 is 0 Å². The molecule has 0 spiro atoms. The van der Waals surface area contributed by atoms with Crippen LogP contribution in [0.15, 0.2) is 12.1 Å². The molecule has 1 aromatic heterocycles. The molecule has 16 heavy (non-hydrogen) atoms. The van der Waals surface area contributed by atoms with Gasteiger partial charge in [0.05, 0.1) is 15.3 Å². The van der Waals surface area contributed by atoms with Gasteiger partial charge in [0.1, 0.15) is 0 Å². The fraction of sp³-hybridized carbons (Fsp3) is 0.583. The molecule has 0 saturated heterocycles. The second-order valence-corrected chi connectivity index (χ2v) is 5.78. The van der Waals surface area contributed by atoms with Gasteiger partial charge in [-0.2, -0.15) is 0 Å². The lowest BCUT2D eigenvalue weighted by molar-refractivity contribution is 0.0804. The van der Waals surface area contributed by atoms with E-state index in [4.69, 9.17) is 11.6 Å². The summed E-state index contributed by atoms with van der Waals surface area (Å²) in [6.45, 7) is 9.12. The summed E-state index contributed by atoms with van der Waals surface area (Å²) in [6.07, 6.45) is 0. The van der Waals surface area contributed by atoms with Crippen LogP contribution >= 0.6 is 22.9 Å². The van der Waals surface area contributed by atoms with Crippen LogP contribution in [0.3, 0.4) is 0 Å². The number of thiophene rings is 1. The van der Waals surface area contributed by atoms with Crippen molar-refractivity contribution < 1.29 is 4.79 Å². The summed E-state index contributed by atoms with van der Waals surface area (Å²) in [4.78, 5) is 15.1. The van der Waals surface area contributed by atoms with Crippen LogP contribution in [-0.2, 0) is 0 Å². The van der Waals surface area contributed by atoms with Gasteiger partial charge in [0.2, 0.25) is 0 Å². The molecule has 0 aliphatic carbocycles. The molecule has 2 nitrogen and oxygen atoms in total. The molecule has 1 atom stereocenters. The highest BCUT2D eigenvalue weighted by Crippen LogP contribution is 2.24. The van der Waals surface area contributed by atoms with Gasteiger partial charge in [-0.15, -0.1) is 11.3 Å². The van der Waals surface area contributed by atoms with Crippen molar-refractivity contribution >= 4 is 28.7 Å². The summed E-state index contributed by atoms with van der Waals surface area (Å²) < 4.78 is 0.670. The maximum absolute atomic E-state index is 12.2. The summed E-state index contributed by atoms with van der Waals surface area (Å²) in [7, 11) is 0. The molecule has 0 radical (unpaired) electrons. The lowest BCUT2D eigenvalue weighted by Crippen LogP contribution is -2.43. The minimum atomic E-state index is -0.0836. The van der Waals surface area contributed by atoms with E-state index in [2.05, 4.69) is 25.7 Å². The van der Waals surface area contributed by atoms with Crippen molar-refractivity contribution in [3.05, 3.63) is 21.3 Å². The Morgan fingerprint density at radius 3 is 2.44 bits per heavy atom. The molecule has 1 aromatic rings. The largest absolute Gasteiger partial charge is 0.291 e. The average Bonchev–Trinajstić information content (AvgIpc) is 2.64. The fourth-order valence-corrected chi connectivity index (χ4v) is 2.96. The molecule has 1 unspecified atom stereocenters. The Kier molecular flexibility index (Phi) is 4.96. The van der Waals surface area contributed by atoms with Gasteiger partial charge in [-0.3, -0.25) is 9.69 Å². The lowest BCUT2D eigenvalue weighted by Gasteiger charge is -2.30. The molecule has 0 fully saturated rings. The quantitative estimate of drug-likeness (QED) is 0.752. The highest BCUT2D eigenvalue weighted by molar-refractivity contribution is 7.18. The normalized spacial score (nSPS) is 13.4. The standard InChI is InChI=1S/C12H18ClNOS/c1-5-14(8(2)3)9(4)12(15)10-6-7-11(13)16-10/h6-9H,5H2,1-4H3. The number of hydrogen-bond donors (Lipinski definition) is 0. The van der Waals surface area contributed by atoms with Gasteiger partial charge in [0, 0.05) is 6.04 Å². The molecule has 0 saturated carbocycles. The Hall–Kier alpha value is -0.380. The second kappa shape index (κ2) is 5.80. The molecule has 0 aromatic carbocycles. The third-order valence-corrected chi connectivity index (χ3v) is 3.97. The molecular weight excluding hydrogens is 242 g/mol. The Morgan fingerprint density at radius 1 is 1.44 bits per heavy atom. The van der Waals surface area contributed by atoms with Crippen molar-refractivity contribution in [3.63, 3.8) is 0 Å². The summed E-state index contributed by atoms with van der Waals surface area (Å²) in [5.74, 6) is 0.160. The maximum Gasteiger partial charge on any atom is 0.189 e. The molecule has 90 valence electrons. The highest BCUT2D eigenvalue weighted by atomic mass is 35.5. The second-order valence-electron chi connectivity index (χ2n) is 4.07. The Labute approximate surface area is 106 Å². The van der Waals surface area contributed by atoms with Crippen molar-refractivity contribution in [1.29, 1.82) is 0 Å². The molecular formula is C12H18ClNOS. The highest BCUT2D eigenvalue weighted by Gasteiger charge is 2.24. The molecule has 1 heterocycles. The van der Waals surface area contributed by atoms with E-state index in [0.717, 1.165) is 11.4 Å². The van der Waals surface area contributed by atoms with E-state index in [0.29, 0.717) is 10.4 Å². The third kappa shape index (κ3) is 3.06. The fourth-order valence-electron chi connectivity index (χ4n) is 1.89. The minimum absolute atomic E-state index is 0.0836. The Balaban J connectivity index is 2.81. The molecule has 4 heteroatoms. The van der Waals surface area contributed by atoms with Crippen molar-refractivity contribution in [2.24, 2.45) is 0 Å². The van der Waals surface area contributed by atoms with Gasteiger partial charge in [-0.25, -0.2) is 0 Å². The van der Waals surface area contributed by atoms with E-state index in [-0.39, 0.29) is 11.8 Å². The van der Waals surface area contributed by atoms with E-state index in [9.17, 15) is 4.79 Å². The summed E-state index contributed by atoms with van der Waals surface area (Å²) in [6, 6.07) is 3.87. The van der Waals surface area contributed by atoms with Gasteiger partial charge in [-0.1, -0.05) is 18.5 Å². The van der Waals surface area contributed by atoms with E-state index in [1.54, 1.807) is 12.1 Å². The number of ketones is 1. The number of rotatable bonds is 5. The van der Waals surface area contributed by atoms with Crippen LogP contribution in [0.2, 0.25) is 4.34 Å². The topological polar surface area (TPSA) is 20.3 Å². The van der Waals surface area contributed by atoms with Crippen molar-refractivity contribution in [3.8, 4) is 0 Å². The minimum Gasteiger partial charge on any atom is -0.291 e. The molecule has 0 aliphatic heterocycles. The molecule has 0 N–H and O–H groups in total. The third-order valence-electron chi connectivity index (χ3n) is 2.72. The zero-order valence-electron chi connectivity index (χ0n) is 10.2. The number of nitrogens with zero attached hydrogens (tertiary/aromatic N) is 1. The molecule has 0 bridgehead atoms. The predicted octanol–water partition coefficient (Wildman–Crippen LogP) is 3.70. The number of halogens is 1. The first-order valence-corrected chi connectivity index (χ1v) is 6.72. The monoisotopic (exact) mass is 259 g/mol. The van der Waals surface area contributed by atoms with Crippen LogP contribution in [0.1, 0.15) is 37.4 Å². The van der Waals surface area contributed by atoms with Crippen LogP contribution in [0, 0.1) is 0 Å². The first-order chi connectivity index (χ1) is 7.47. The molecule has 0 amide bonds. The van der Waals surface area contributed by atoms with Gasteiger partial charge in [0.25, 0.3) is 0 Å². The number of Topliss-reactive ketones (excluding diaryl/α,β-unsaturated/α-hetero) is 1. The van der Waals surface area contributed by atoms with Crippen LogP contribution in [-0.4, -0.2) is 29.3 Å². The van der Waals surface area contributed by atoms with Crippen LogP contribution in [0.4, 0.5) is 0 Å². The van der Waals surface area contributed by atoms with E-state index in [1.165, 1.54) is 11.3 Å². The van der Waals surface area contributed by atoms with Crippen LogP contribution in [0.5, 0.6) is 0 Å². The lowest BCUT2D eigenvalue weighted by atomic mass is 10.1. The van der Waals surface area contributed by atoms with Gasteiger partial charge >= 0.3 is 0 Å². The smallest absolute Gasteiger partial charge is 0.189 e. The Bertz CT molecular complexity index is 362. The summed E-state index contributed by atoms with van der Waals surface area (Å²) >= 11 is 7.19. The molecule has 1 rings (SSSR count). The van der Waals surface area contributed by atoms with Gasteiger partial charge in [-0.05, 0) is 39.4 Å². The number of hydrogen-bond acceptors (Lipinski definition) is 3. The zero-order chi connectivity index (χ0) is 12.3. The van der Waals surface area contributed by atoms with E-state index >= 15 is 0 Å². The van der Waals surface area contributed by atoms with Crippen LogP contribution < -0.4 is 0 Å². The van der Waals surface area contributed by atoms with Crippen molar-refractivity contribution in [1.82, 2.24) is 4.90 Å². The number of carbonyl (C=O) groups excluding carboxylic acids is 1. The van der Waals surface area contributed by atoms with Crippen molar-refractivity contribution in [2.75, 3.05) is 6.54 Å². The first-order valence-electron chi connectivity index (χ1n) is 5.52. The number of likely N-dealkylation sites (N-methyl/N-ethyl adjacent to an activating group) is 1. The Morgan fingerprint density at radius 2 is 2.06 bits per heavy atom. The van der Waals surface area contributed by atoms with Gasteiger partial charge < -0.3 is 0 Å². The summed E-state index contributed by atoms with van der Waals surface area (Å²) in [5.41, 5.74) is 0. The zero-order valence-corrected chi connectivity index (χ0v) is 11.7. The SMILES string of the molecule is CCN(C(C)C)C(C)C(=O)c1ccc(Cl)s1.